The molecule has 41 heavy (non-hydrogen) atoms. The van der Waals surface area contributed by atoms with Crippen LogP contribution in [0.3, 0.4) is 0 Å². The van der Waals surface area contributed by atoms with Crippen molar-refractivity contribution in [3.8, 4) is 11.5 Å². The van der Waals surface area contributed by atoms with Gasteiger partial charge in [-0.2, -0.15) is 0 Å². The van der Waals surface area contributed by atoms with Gasteiger partial charge in [-0.25, -0.2) is 0 Å². The number of benzene rings is 3. The number of hydrogen-bond acceptors (Lipinski definition) is 7. The van der Waals surface area contributed by atoms with Crippen LogP contribution in [-0.2, 0) is 14.4 Å². The Morgan fingerprint density at radius 2 is 1.63 bits per heavy atom. The van der Waals surface area contributed by atoms with Crippen LogP contribution in [0.1, 0.15) is 27.8 Å². The molecule has 2 N–H and O–H groups in total. The summed E-state index contributed by atoms with van der Waals surface area (Å²) < 4.78 is 11.1. The van der Waals surface area contributed by atoms with Crippen LogP contribution < -0.4 is 20.1 Å². The zero-order valence-corrected chi connectivity index (χ0v) is 24.3. The third-order valence-electron chi connectivity index (χ3n) is 6.47. The van der Waals surface area contributed by atoms with Gasteiger partial charge >= 0.3 is 0 Å². The first-order valence-electron chi connectivity index (χ1n) is 12.8. The van der Waals surface area contributed by atoms with Gasteiger partial charge in [-0.05, 0) is 98.1 Å². The molecular weight excluding hydrogens is 542 g/mol. The number of aryl methyl sites for hydroxylation is 4. The summed E-state index contributed by atoms with van der Waals surface area (Å²) in [6, 6.07) is 16.2. The van der Waals surface area contributed by atoms with Crippen LogP contribution in [0, 0.1) is 27.7 Å². The summed E-state index contributed by atoms with van der Waals surface area (Å²) in [5, 5.41) is 5.03. The second-order valence-electron chi connectivity index (χ2n) is 9.68. The largest absolute Gasteiger partial charge is 0.493 e. The highest BCUT2D eigenvalue weighted by Gasteiger charge is 2.36. The van der Waals surface area contributed by atoms with Crippen molar-refractivity contribution in [1.82, 2.24) is 4.90 Å². The van der Waals surface area contributed by atoms with Gasteiger partial charge in [-0.15, -0.1) is 0 Å². The highest BCUT2D eigenvalue weighted by Crippen LogP contribution is 2.34. The highest BCUT2D eigenvalue weighted by atomic mass is 32.2. The fraction of sp³-hybridized carbons (Fsp3) is 0.226. The van der Waals surface area contributed by atoms with Gasteiger partial charge < -0.3 is 20.1 Å². The van der Waals surface area contributed by atoms with Gasteiger partial charge in [0.2, 0.25) is 5.91 Å². The monoisotopic (exact) mass is 573 g/mol. The van der Waals surface area contributed by atoms with E-state index in [1.165, 1.54) is 7.11 Å². The number of nitrogens with zero attached hydrogens (tertiary/aromatic N) is 1. The molecule has 4 rings (SSSR count). The second-order valence-corrected chi connectivity index (χ2v) is 10.7. The van der Waals surface area contributed by atoms with E-state index >= 15 is 0 Å². The SMILES string of the molecule is COc1cc(/C=C2/SC(=O)N(CC(=O)Nc3ccc(C)cc3C)C2=O)ccc1OCC(=O)Nc1ccc(C)c(C)c1. The number of imide groups is 1. The van der Waals surface area contributed by atoms with Crippen molar-refractivity contribution in [2.75, 3.05) is 30.9 Å². The first-order chi connectivity index (χ1) is 19.5. The molecule has 0 aromatic heterocycles. The minimum Gasteiger partial charge on any atom is -0.493 e. The first-order valence-corrected chi connectivity index (χ1v) is 13.7. The summed E-state index contributed by atoms with van der Waals surface area (Å²) in [4.78, 5) is 51.6. The molecule has 212 valence electrons. The third kappa shape index (κ3) is 7.34. The molecule has 1 saturated heterocycles. The van der Waals surface area contributed by atoms with Crippen molar-refractivity contribution >= 4 is 52.2 Å². The van der Waals surface area contributed by atoms with Crippen LogP contribution in [0.25, 0.3) is 6.08 Å². The number of nitrogens with one attached hydrogen (secondary N) is 2. The molecule has 0 bridgehead atoms. The average Bonchev–Trinajstić information content (AvgIpc) is 3.18. The van der Waals surface area contributed by atoms with Crippen LogP contribution in [-0.4, -0.2) is 48.1 Å². The lowest BCUT2D eigenvalue weighted by molar-refractivity contribution is -0.127. The van der Waals surface area contributed by atoms with Crippen molar-refractivity contribution in [3.63, 3.8) is 0 Å². The normalized spacial score (nSPS) is 13.9. The number of thioether (sulfide) groups is 1. The van der Waals surface area contributed by atoms with E-state index in [0.717, 1.165) is 38.9 Å². The number of carbonyl (C=O) groups excluding carboxylic acids is 4. The fourth-order valence-electron chi connectivity index (χ4n) is 4.13. The van der Waals surface area contributed by atoms with Gasteiger partial charge in [0.15, 0.2) is 18.1 Å². The molecule has 1 fully saturated rings. The van der Waals surface area contributed by atoms with Crippen molar-refractivity contribution in [1.29, 1.82) is 0 Å². The fourth-order valence-corrected chi connectivity index (χ4v) is 4.97. The highest BCUT2D eigenvalue weighted by molar-refractivity contribution is 8.18. The Morgan fingerprint density at radius 1 is 0.854 bits per heavy atom. The van der Waals surface area contributed by atoms with Crippen molar-refractivity contribution < 1.29 is 28.7 Å². The number of anilines is 2. The predicted octanol–water partition coefficient (Wildman–Crippen LogP) is 5.62. The number of amides is 4. The number of carbonyl (C=O) groups is 4. The lowest BCUT2D eigenvalue weighted by Crippen LogP contribution is -2.36. The molecule has 3 aromatic carbocycles. The van der Waals surface area contributed by atoms with Crippen LogP contribution >= 0.6 is 11.8 Å². The second kappa shape index (κ2) is 12.7. The molecule has 1 aliphatic heterocycles. The lowest BCUT2D eigenvalue weighted by atomic mass is 10.1. The zero-order chi connectivity index (χ0) is 29.7. The standard InChI is InChI=1S/C31H31N3O6S/c1-18-6-10-24(21(4)12-18)33-28(35)16-34-30(37)27(41-31(34)38)15-22-8-11-25(26(14-22)39-5)40-17-29(36)32-23-9-7-19(2)20(3)13-23/h6-15H,16-17H2,1-5H3,(H,32,36)(H,33,35)/b27-15+. The van der Waals surface area contributed by atoms with Crippen LogP contribution in [0.5, 0.6) is 11.5 Å². The molecule has 1 heterocycles. The molecule has 0 saturated carbocycles. The van der Waals surface area contributed by atoms with Crippen molar-refractivity contribution in [2.45, 2.75) is 27.7 Å². The Labute approximate surface area is 242 Å². The minimum absolute atomic E-state index is 0.179. The van der Waals surface area contributed by atoms with Gasteiger partial charge in [0.25, 0.3) is 17.1 Å². The van der Waals surface area contributed by atoms with Gasteiger partial charge in [0, 0.05) is 11.4 Å². The molecule has 0 atom stereocenters. The van der Waals surface area contributed by atoms with E-state index < -0.39 is 23.6 Å². The average molecular weight is 574 g/mol. The van der Waals surface area contributed by atoms with Crippen molar-refractivity contribution in [3.05, 3.63) is 87.3 Å². The van der Waals surface area contributed by atoms with Gasteiger partial charge in [-0.1, -0.05) is 29.8 Å². The minimum atomic E-state index is -0.557. The first kappa shape index (κ1) is 29.4. The van der Waals surface area contributed by atoms with E-state index in [-0.39, 0.29) is 17.4 Å². The summed E-state index contributed by atoms with van der Waals surface area (Å²) >= 11 is 0.758. The summed E-state index contributed by atoms with van der Waals surface area (Å²) in [7, 11) is 1.46. The van der Waals surface area contributed by atoms with E-state index in [0.29, 0.717) is 28.4 Å². The maximum Gasteiger partial charge on any atom is 0.294 e. The van der Waals surface area contributed by atoms with Gasteiger partial charge in [0.1, 0.15) is 6.54 Å². The van der Waals surface area contributed by atoms with Crippen LogP contribution in [0.2, 0.25) is 0 Å². The van der Waals surface area contributed by atoms with Crippen LogP contribution in [0.15, 0.2) is 59.5 Å². The molecule has 0 aliphatic carbocycles. The maximum absolute atomic E-state index is 12.9. The Morgan fingerprint density at radius 3 is 2.34 bits per heavy atom. The number of methoxy groups -OCH3 is 1. The Bertz CT molecular complexity index is 1570. The Balaban J connectivity index is 1.38. The van der Waals surface area contributed by atoms with E-state index in [1.54, 1.807) is 30.3 Å². The molecule has 1 aliphatic rings. The molecule has 0 spiro atoms. The van der Waals surface area contributed by atoms with E-state index in [2.05, 4.69) is 10.6 Å². The molecule has 9 nitrogen and oxygen atoms in total. The molecule has 0 radical (unpaired) electrons. The number of hydrogen-bond donors (Lipinski definition) is 2. The Hall–Kier alpha value is -4.57. The quantitative estimate of drug-likeness (QED) is 0.319. The van der Waals surface area contributed by atoms with Gasteiger partial charge in [-0.3, -0.25) is 24.1 Å². The number of ether oxygens (including phenoxy) is 2. The summed E-state index contributed by atoms with van der Waals surface area (Å²) in [5.41, 5.74) is 6.04. The number of rotatable bonds is 9. The molecule has 10 heteroatoms. The smallest absolute Gasteiger partial charge is 0.294 e. The topological polar surface area (TPSA) is 114 Å². The molecular formula is C31H31N3O6S. The van der Waals surface area contributed by atoms with E-state index in [9.17, 15) is 19.2 Å². The van der Waals surface area contributed by atoms with Crippen LogP contribution in [0.4, 0.5) is 16.2 Å². The van der Waals surface area contributed by atoms with E-state index in [1.807, 2.05) is 58.0 Å². The van der Waals surface area contributed by atoms with Crippen molar-refractivity contribution in [2.24, 2.45) is 0 Å². The predicted molar refractivity (Wildman–Crippen MR) is 160 cm³/mol. The third-order valence-corrected chi connectivity index (χ3v) is 7.37. The lowest BCUT2D eigenvalue weighted by Gasteiger charge is -2.14. The molecule has 3 aromatic rings. The zero-order valence-electron chi connectivity index (χ0n) is 23.5. The van der Waals surface area contributed by atoms with Gasteiger partial charge in [0.05, 0.1) is 12.0 Å². The maximum atomic E-state index is 12.9. The summed E-state index contributed by atoms with van der Waals surface area (Å²) in [6.45, 7) is 7.17. The molecule has 4 amide bonds. The summed E-state index contributed by atoms with van der Waals surface area (Å²) in [5.74, 6) is -0.654. The summed E-state index contributed by atoms with van der Waals surface area (Å²) in [6.07, 6.45) is 1.55. The Kier molecular flexibility index (Phi) is 9.14. The molecule has 0 unspecified atom stereocenters. The van der Waals surface area contributed by atoms with E-state index in [4.69, 9.17) is 9.47 Å².